The van der Waals surface area contributed by atoms with E-state index in [9.17, 15) is 4.79 Å². The van der Waals surface area contributed by atoms with Crippen LogP contribution < -0.4 is 5.56 Å². The highest BCUT2D eigenvalue weighted by molar-refractivity contribution is 8.00. The number of methoxy groups -OCH3 is 1. The summed E-state index contributed by atoms with van der Waals surface area (Å²) in [4.78, 5) is 19.7. The number of hydrogen-bond donors (Lipinski definition) is 0. The van der Waals surface area contributed by atoms with E-state index in [0.717, 1.165) is 29.5 Å². The van der Waals surface area contributed by atoms with Crippen LogP contribution in [-0.2, 0) is 24.1 Å². The predicted molar refractivity (Wildman–Crippen MR) is 88.7 cm³/mol. The van der Waals surface area contributed by atoms with Gasteiger partial charge in [0.15, 0.2) is 5.16 Å². The lowest BCUT2D eigenvalue weighted by molar-refractivity contribution is 0.183. The Morgan fingerprint density at radius 2 is 2.36 bits per heavy atom. The molecule has 2 heterocycles. The number of aryl methyl sites for hydroxylation is 2. The third-order valence-electron chi connectivity index (χ3n) is 3.77. The minimum Gasteiger partial charge on any atom is -0.383 e. The van der Waals surface area contributed by atoms with Crippen molar-refractivity contribution >= 4 is 33.3 Å². The first-order chi connectivity index (χ1) is 10.7. The minimum atomic E-state index is -0.245. The second kappa shape index (κ2) is 6.41. The summed E-state index contributed by atoms with van der Waals surface area (Å²) >= 11 is 2.96. The van der Waals surface area contributed by atoms with Gasteiger partial charge in [-0.05, 0) is 31.7 Å². The molecule has 0 spiro atoms. The van der Waals surface area contributed by atoms with Crippen molar-refractivity contribution in [1.82, 2.24) is 9.55 Å². The van der Waals surface area contributed by atoms with Crippen molar-refractivity contribution in [1.29, 1.82) is 5.26 Å². The first-order valence-electron chi connectivity index (χ1n) is 7.26. The summed E-state index contributed by atoms with van der Waals surface area (Å²) in [6, 6.07) is 2.18. The van der Waals surface area contributed by atoms with Gasteiger partial charge in [-0.15, -0.1) is 11.3 Å². The van der Waals surface area contributed by atoms with Crippen LogP contribution >= 0.6 is 23.1 Å². The van der Waals surface area contributed by atoms with E-state index in [1.807, 2.05) is 6.92 Å². The standard InChI is InChI=1S/C15H17N3O2S2/c1-9(8-16)21-15-17-13-12(10-4-3-5-11(10)22-13)14(19)18(15)6-7-20-2/h9H,3-7H2,1-2H3/t9-/m0/s1. The van der Waals surface area contributed by atoms with Crippen LogP contribution in [0.4, 0.5) is 0 Å². The number of nitriles is 1. The first-order valence-corrected chi connectivity index (χ1v) is 8.95. The van der Waals surface area contributed by atoms with Gasteiger partial charge in [0.1, 0.15) is 4.83 Å². The van der Waals surface area contributed by atoms with E-state index in [1.54, 1.807) is 23.0 Å². The molecule has 0 radical (unpaired) electrons. The van der Waals surface area contributed by atoms with E-state index < -0.39 is 0 Å². The quantitative estimate of drug-likeness (QED) is 0.620. The van der Waals surface area contributed by atoms with Crippen LogP contribution in [0.25, 0.3) is 10.2 Å². The van der Waals surface area contributed by atoms with E-state index >= 15 is 0 Å². The monoisotopic (exact) mass is 335 g/mol. The molecule has 22 heavy (non-hydrogen) atoms. The van der Waals surface area contributed by atoms with Gasteiger partial charge in [-0.2, -0.15) is 5.26 Å². The molecule has 0 saturated carbocycles. The zero-order valence-electron chi connectivity index (χ0n) is 12.6. The largest absolute Gasteiger partial charge is 0.383 e. The number of aromatic nitrogens is 2. The molecule has 0 aliphatic heterocycles. The molecule has 0 aromatic carbocycles. The summed E-state index contributed by atoms with van der Waals surface area (Å²) < 4.78 is 6.78. The Morgan fingerprint density at radius 1 is 1.55 bits per heavy atom. The van der Waals surface area contributed by atoms with Crippen molar-refractivity contribution in [3.05, 3.63) is 20.8 Å². The molecular formula is C15H17N3O2S2. The maximum absolute atomic E-state index is 12.9. The third-order valence-corrected chi connectivity index (χ3v) is 5.94. The highest BCUT2D eigenvalue weighted by Crippen LogP contribution is 2.35. The number of hydrogen-bond acceptors (Lipinski definition) is 6. The molecule has 0 saturated heterocycles. The lowest BCUT2D eigenvalue weighted by Crippen LogP contribution is -2.25. The number of nitrogens with zero attached hydrogens (tertiary/aromatic N) is 3. The van der Waals surface area contributed by atoms with Crippen molar-refractivity contribution < 1.29 is 4.74 Å². The van der Waals surface area contributed by atoms with Crippen molar-refractivity contribution in [2.75, 3.05) is 13.7 Å². The van der Waals surface area contributed by atoms with Crippen molar-refractivity contribution in [3.8, 4) is 6.07 Å². The van der Waals surface area contributed by atoms with E-state index in [0.29, 0.717) is 18.3 Å². The van der Waals surface area contributed by atoms with Gasteiger partial charge < -0.3 is 4.74 Å². The van der Waals surface area contributed by atoms with Crippen molar-refractivity contribution in [2.45, 2.75) is 43.1 Å². The number of thioether (sulfide) groups is 1. The second-order valence-corrected chi connectivity index (χ2v) is 7.66. The molecule has 0 amide bonds. The summed E-state index contributed by atoms with van der Waals surface area (Å²) in [7, 11) is 1.62. The lowest BCUT2D eigenvalue weighted by Gasteiger charge is -2.12. The molecule has 3 rings (SSSR count). The fourth-order valence-electron chi connectivity index (χ4n) is 2.71. The van der Waals surface area contributed by atoms with Gasteiger partial charge in [0.2, 0.25) is 0 Å². The molecule has 0 unspecified atom stereocenters. The smallest absolute Gasteiger partial charge is 0.263 e. The highest BCUT2D eigenvalue weighted by Gasteiger charge is 2.23. The molecule has 0 N–H and O–H groups in total. The second-order valence-electron chi connectivity index (χ2n) is 5.27. The predicted octanol–water partition coefficient (Wildman–Crippen LogP) is 2.60. The molecule has 1 atom stereocenters. The van der Waals surface area contributed by atoms with Crippen LogP contribution in [0.15, 0.2) is 9.95 Å². The van der Waals surface area contributed by atoms with E-state index in [-0.39, 0.29) is 10.8 Å². The molecule has 7 heteroatoms. The van der Waals surface area contributed by atoms with Crippen LogP contribution in [0.3, 0.4) is 0 Å². The lowest BCUT2D eigenvalue weighted by atomic mass is 10.2. The fourth-order valence-corrected chi connectivity index (χ4v) is 4.84. The summed E-state index contributed by atoms with van der Waals surface area (Å²) in [5, 5.41) is 10.2. The van der Waals surface area contributed by atoms with Gasteiger partial charge in [0, 0.05) is 12.0 Å². The Kier molecular flexibility index (Phi) is 4.52. The third kappa shape index (κ3) is 2.67. The molecule has 0 fully saturated rings. The Bertz CT molecular complexity index is 804. The Morgan fingerprint density at radius 3 is 3.09 bits per heavy atom. The van der Waals surface area contributed by atoms with Crippen LogP contribution in [-0.4, -0.2) is 28.5 Å². The van der Waals surface area contributed by atoms with Gasteiger partial charge in [-0.3, -0.25) is 9.36 Å². The summed E-state index contributed by atoms with van der Waals surface area (Å²) in [5.41, 5.74) is 1.20. The first kappa shape index (κ1) is 15.5. The van der Waals surface area contributed by atoms with Crippen LogP contribution in [0, 0.1) is 11.3 Å². The molecule has 1 aliphatic carbocycles. The summed E-state index contributed by atoms with van der Waals surface area (Å²) in [5.74, 6) is 0. The van der Waals surface area contributed by atoms with Gasteiger partial charge in [-0.25, -0.2) is 4.98 Å². The van der Waals surface area contributed by atoms with Gasteiger partial charge in [0.25, 0.3) is 5.56 Å². The number of ether oxygens (including phenoxy) is 1. The van der Waals surface area contributed by atoms with Gasteiger partial charge >= 0.3 is 0 Å². The van der Waals surface area contributed by atoms with E-state index in [1.165, 1.54) is 22.2 Å². The maximum atomic E-state index is 12.9. The maximum Gasteiger partial charge on any atom is 0.263 e. The topological polar surface area (TPSA) is 67.9 Å². The molecular weight excluding hydrogens is 318 g/mol. The molecule has 2 aromatic heterocycles. The SMILES string of the molecule is COCCn1c(S[C@@H](C)C#N)nc2sc3c(c2c1=O)CCC3. The summed E-state index contributed by atoms with van der Waals surface area (Å²) in [6.45, 7) is 2.73. The fraction of sp³-hybridized carbons (Fsp3) is 0.533. The van der Waals surface area contributed by atoms with Crippen LogP contribution in [0.1, 0.15) is 23.8 Å². The molecule has 2 aromatic rings. The Balaban J connectivity index is 2.16. The summed E-state index contributed by atoms with van der Waals surface area (Å²) in [6.07, 6.45) is 3.14. The number of fused-ring (bicyclic) bond motifs is 3. The molecule has 5 nitrogen and oxygen atoms in total. The zero-order chi connectivity index (χ0) is 15.7. The number of rotatable bonds is 5. The molecule has 0 bridgehead atoms. The van der Waals surface area contributed by atoms with E-state index in [4.69, 9.17) is 10.00 Å². The molecule has 116 valence electrons. The Hall–Kier alpha value is -1.36. The van der Waals surface area contributed by atoms with Gasteiger partial charge in [-0.1, -0.05) is 11.8 Å². The Labute approximate surface area is 136 Å². The van der Waals surface area contributed by atoms with E-state index in [2.05, 4.69) is 11.1 Å². The van der Waals surface area contributed by atoms with Crippen molar-refractivity contribution in [2.24, 2.45) is 0 Å². The van der Waals surface area contributed by atoms with Crippen molar-refractivity contribution in [3.63, 3.8) is 0 Å². The average molecular weight is 335 g/mol. The highest BCUT2D eigenvalue weighted by atomic mass is 32.2. The van der Waals surface area contributed by atoms with Crippen LogP contribution in [0.2, 0.25) is 0 Å². The van der Waals surface area contributed by atoms with Crippen LogP contribution in [0.5, 0.6) is 0 Å². The number of thiophene rings is 1. The normalized spacial score (nSPS) is 15.0. The average Bonchev–Trinajstić information content (AvgIpc) is 3.06. The zero-order valence-corrected chi connectivity index (χ0v) is 14.2. The minimum absolute atomic E-state index is 0.00842. The molecule has 1 aliphatic rings. The van der Waals surface area contributed by atoms with Gasteiger partial charge in [0.05, 0.1) is 29.9 Å².